The first-order valence-electron chi connectivity index (χ1n) is 6.81. The summed E-state index contributed by atoms with van der Waals surface area (Å²) in [4.78, 5) is 4.85. The molecule has 1 N–H and O–H groups in total. The van der Waals surface area contributed by atoms with Crippen LogP contribution in [0.1, 0.15) is 58.1 Å². The van der Waals surface area contributed by atoms with Gasteiger partial charge in [-0.1, -0.05) is 34.1 Å². The normalized spacial score (nSPS) is 21.1. The quantitative estimate of drug-likeness (QED) is 0.854. The third-order valence-electron chi connectivity index (χ3n) is 3.41. The Morgan fingerprint density at radius 3 is 2.88 bits per heavy atom. The van der Waals surface area contributed by atoms with Crippen LogP contribution >= 0.6 is 0 Å². The van der Waals surface area contributed by atoms with Crippen molar-refractivity contribution in [3.63, 3.8) is 0 Å². The Bertz CT molecular complexity index is 373. The molecule has 1 aliphatic heterocycles. The highest BCUT2D eigenvalue weighted by Crippen LogP contribution is 2.33. The Kier molecular flexibility index (Phi) is 3.57. The molecule has 3 nitrogen and oxygen atoms in total. The van der Waals surface area contributed by atoms with Gasteiger partial charge in [-0.25, -0.2) is 4.98 Å². The van der Waals surface area contributed by atoms with E-state index in [4.69, 9.17) is 4.98 Å². The second kappa shape index (κ2) is 4.81. The number of hydrogen-bond donors (Lipinski definition) is 1. The topological polar surface area (TPSA) is 29.9 Å². The SMILES string of the molecule is CCCc1cn2c(n1)[C@H](C(C)(C)C)NCCC2. The lowest BCUT2D eigenvalue weighted by atomic mass is 9.86. The van der Waals surface area contributed by atoms with Gasteiger partial charge < -0.3 is 9.88 Å². The lowest BCUT2D eigenvalue weighted by Crippen LogP contribution is -2.33. The zero-order chi connectivity index (χ0) is 12.5. The molecule has 17 heavy (non-hydrogen) atoms. The monoisotopic (exact) mass is 235 g/mol. The summed E-state index contributed by atoms with van der Waals surface area (Å²) < 4.78 is 2.36. The van der Waals surface area contributed by atoms with Gasteiger partial charge in [-0.05, 0) is 24.8 Å². The highest BCUT2D eigenvalue weighted by Gasteiger charge is 2.31. The lowest BCUT2D eigenvalue weighted by Gasteiger charge is -2.29. The van der Waals surface area contributed by atoms with Crippen LogP contribution in [0.15, 0.2) is 6.20 Å². The standard InChI is InChI=1S/C14H25N3/c1-5-7-11-10-17-9-6-8-15-12(13(17)16-11)14(2,3)4/h10,12,15H,5-9H2,1-4H3/t12-/m1/s1. The summed E-state index contributed by atoms with van der Waals surface area (Å²) in [5, 5.41) is 3.65. The first-order chi connectivity index (χ1) is 8.02. The molecule has 0 unspecified atom stereocenters. The van der Waals surface area contributed by atoms with Crippen LogP contribution in [-0.2, 0) is 13.0 Å². The Hall–Kier alpha value is -0.830. The van der Waals surface area contributed by atoms with Crippen LogP contribution in [0, 0.1) is 5.41 Å². The molecule has 0 fully saturated rings. The molecule has 1 atom stereocenters. The largest absolute Gasteiger partial charge is 0.333 e. The van der Waals surface area contributed by atoms with Gasteiger partial charge >= 0.3 is 0 Å². The molecular formula is C14H25N3. The second-order valence-electron chi connectivity index (χ2n) is 6.14. The van der Waals surface area contributed by atoms with Gasteiger partial charge in [0.25, 0.3) is 0 Å². The molecule has 0 spiro atoms. The van der Waals surface area contributed by atoms with Crippen LogP contribution in [0.25, 0.3) is 0 Å². The molecule has 0 bridgehead atoms. The van der Waals surface area contributed by atoms with Crippen LogP contribution in [0.3, 0.4) is 0 Å². The molecule has 0 saturated carbocycles. The summed E-state index contributed by atoms with van der Waals surface area (Å²) in [6.45, 7) is 11.3. The summed E-state index contributed by atoms with van der Waals surface area (Å²) in [6, 6.07) is 0.371. The summed E-state index contributed by atoms with van der Waals surface area (Å²) in [7, 11) is 0. The second-order valence-corrected chi connectivity index (χ2v) is 6.14. The van der Waals surface area contributed by atoms with Gasteiger partial charge in [0, 0.05) is 12.7 Å². The third-order valence-corrected chi connectivity index (χ3v) is 3.41. The minimum atomic E-state index is 0.219. The minimum absolute atomic E-state index is 0.219. The summed E-state index contributed by atoms with van der Waals surface area (Å²) in [5.74, 6) is 1.23. The number of nitrogens with zero attached hydrogens (tertiary/aromatic N) is 2. The van der Waals surface area contributed by atoms with E-state index >= 15 is 0 Å². The molecule has 1 aromatic heterocycles. The third kappa shape index (κ3) is 2.71. The van der Waals surface area contributed by atoms with Gasteiger partial charge in [0.05, 0.1) is 11.7 Å². The zero-order valence-corrected chi connectivity index (χ0v) is 11.6. The van der Waals surface area contributed by atoms with Crippen LogP contribution in [0.5, 0.6) is 0 Å². The molecule has 0 radical (unpaired) electrons. The minimum Gasteiger partial charge on any atom is -0.333 e. The summed E-state index contributed by atoms with van der Waals surface area (Å²) in [6.07, 6.45) is 5.72. The number of fused-ring (bicyclic) bond motifs is 1. The Morgan fingerprint density at radius 2 is 2.24 bits per heavy atom. The molecule has 0 aromatic carbocycles. The van der Waals surface area contributed by atoms with Crippen molar-refractivity contribution >= 4 is 0 Å². The van der Waals surface area contributed by atoms with Crippen LogP contribution < -0.4 is 5.32 Å². The van der Waals surface area contributed by atoms with Crippen molar-refractivity contribution in [3.05, 3.63) is 17.7 Å². The van der Waals surface area contributed by atoms with E-state index in [2.05, 4.69) is 43.8 Å². The maximum absolute atomic E-state index is 4.85. The molecule has 1 aliphatic rings. The fraction of sp³-hybridized carbons (Fsp3) is 0.786. The van der Waals surface area contributed by atoms with E-state index in [0.717, 1.165) is 19.5 Å². The average Bonchev–Trinajstić information content (AvgIpc) is 2.49. The van der Waals surface area contributed by atoms with Crippen molar-refractivity contribution in [2.75, 3.05) is 6.54 Å². The number of hydrogen-bond acceptors (Lipinski definition) is 2. The van der Waals surface area contributed by atoms with E-state index in [-0.39, 0.29) is 5.41 Å². The number of nitrogens with one attached hydrogen (secondary N) is 1. The molecule has 0 amide bonds. The fourth-order valence-electron chi connectivity index (χ4n) is 2.55. The molecule has 1 aromatic rings. The number of imidazole rings is 1. The summed E-state index contributed by atoms with van der Waals surface area (Å²) in [5.41, 5.74) is 1.47. The van der Waals surface area contributed by atoms with E-state index < -0.39 is 0 Å². The van der Waals surface area contributed by atoms with Crippen LogP contribution in [0.4, 0.5) is 0 Å². The maximum atomic E-state index is 4.85. The van der Waals surface area contributed by atoms with E-state index in [1.54, 1.807) is 0 Å². The molecule has 96 valence electrons. The average molecular weight is 235 g/mol. The van der Waals surface area contributed by atoms with Gasteiger partial charge in [-0.15, -0.1) is 0 Å². The number of aryl methyl sites for hydroxylation is 2. The lowest BCUT2D eigenvalue weighted by molar-refractivity contribution is 0.266. The smallest absolute Gasteiger partial charge is 0.126 e. The Labute approximate surface area is 105 Å². The van der Waals surface area contributed by atoms with E-state index in [1.165, 1.54) is 24.4 Å². The fourth-order valence-corrected chi connectivity index (χ4v) is 2.55. The zero-order valence-electron chi connectivity index (χ0n) is 11.6. The van der Waals surface area contributed by atoms with Gasteiger partial charge in [-0.3, -0.25) is 0 Å². The number of rotatable bonds is 2. The van der Waals surface area contributed by atoms with Crippen LogP contribution in [0.2, 0.25) is 0 Å². The van der Waals surface area contributed by atoms with Crippen molar-refractivity contribution in [1.82, 2.24) is 14.9 Å². The Morgan fingerprint density at radius 1 is 1.47 bits per heavy atom. The number of aromatic nitrogens is 2. The predicted molar refractivity (Wildman–Crippen MR) is 71.0 cm³/mol. The predicted octanol–water partition coefficient (Wildman–Crippen LogP) is 2.92. The highest BCUT2D eigenvalue weighted by atomic mass is 15.1. The van der Waals surface area contributed by atoms with Crippen molar-refractivity contribution in [1.29, 1.82) is 0 Å². The van der Waals surface area contributed by atoms with Gasteiger partial charge in [-0.2, -0.15) is 0 Å². The summed E-state index contributed by atoms with van der Waals surface area (Å²) >= 11 is 0. The van der Waals surface area contributed by atoms with E-state index in [9.17, 15) is 0 Å². The molecule has 0 saturated heterocycles. The van der Waals surface area contributed by atoms with Gasteiger partial charge in [0.15, 0.2) is 0 Å². The van der Waals surface area contributed by atoms with Crippen LogP contribution in [-0.4, -0.2) is 16.1 Å². The van der Waals surface area contributed by atoms with Crippen molar-refractivity contribution in [3.8, 4) is 0 Å². The molecule has 3 heteroatoms. The highest BCUT2D eigenvalue weighted by molar-refractivity contribution is 5.11. The van der Waals surface area contributed by atoms with Crippen molar-refractivity contribution < 1.29 is 0 Å². The van der Waals surface area contributed by atoms with E-state index in [1.807, 2.05) is 0 Å². The first-order valence-corrected chi connectivity index (χ1v) is 6.81. The maximum Gasteiger partial charge on any atom is 0.126 e. The molecule has 2 rings (SSSR count). The van der Waals surface area contributed by atoms with Gasteiger partial charge in [0.1, 0.15) is 5.82 Å². The Balaban J connectivity index is 2.34. The van der Waals surface area contributed by atoms with Crippen molar-refractivity contribution in [2.24, 2.45) is 5.41 Å². The molecule has 2 heterocycles. The van der Waals surface area contributed by atoms with E-state index in [0.29, 0.717) is 6.04 Å². The first kappa shape index (κ1) is 12.6. The van der Waals surface area contributed by atoms with Crippen molar-refractivity contribution in [2.45, 2.75) is 59.5 Å². The molecular weight excluding hydrogens is 210 g/mol. The molecule has 0 aliphatic carbocycles. The van der Waals surface area contributed by atoms with Gasteiger partial charge in [0.2, 0.25) is 0 Å².